The predicted molar refractivity (Wildman–Crippen MR) is 62.8 cm³/mol. The molecule has 0 fully saturated rings. The monoisotopic (exact) mass is 339 g/mol. The van der Waals surface area contributed by atoms with Gasteiger partial charge in [-0.25, -0.2) is 0 Å². The largest absolute Gasteiger partial charge is 0.455 e. The molecule has 1 aliphatic heterocycles. The smallest absolute Gasteiger partial charge is 0.454 e. The van der Waals surface area contributed by atoms with Crippen LogP contribution in [0.15, 0.2) is 12.1 Å². The summed E-state index contributed by atoms with van der Waals surface area (Å²) in [5, 5.41) is -0.347. The van der Waals surface area contributed by atoms with Crippen molar-refractivity contribution >= 4 is 24.0 Å². The second-order valence-electron chi connectivity index (χ2n) is 3.83. The number of nitrogens with two attached hydrogens (primary N) is 1. The van der Waals surface area contributed by atoms with Crippen molar-refractivity contribution in [3.8, 4) is 11.5 Å². The second kappa shape index (κ2) is 5.42. The van der Waals surface area contributed by atoms with Crippen LogP contribution in [0, 0.1) is 0 Å². The first-order chi connectivity index (χ1) is 8.64. The normalized spacial score (nSPS) is 15.8. The minimum atomic E-state index is -5.77. The fourth-order valence-electron chi connectivity index (χ4n) is 1.54. The van der Waals surface area contributed by atoms with Crippen LogP contribution in [0.1, 0.15) is 11.6 Å². The number of halogens is 7. The Morgan fingerprint density at radius 3 is 2.10 bits per heavy atom. The number of ether oxygens (including phenoxy) is 2. The summed E-state index contributed by atoms with van der Waals surface area (Å²) in [5.41, 5.74) is 4.44. The van der Waals surface area contributed by atoms with Crippen LogP contribution in [0.5, 0.6) is 11.5 Å². The molecule has 0 aromatic heterocycles. The average molecular weight is 340 g/mol. The lowest BCUT2D eigenvalue weighted by atomic mass is 10.0. The molecule has 0 saturated heterocycles. The molecule has 0 unspecified atom stereocenters. The summed E-state index contributed by atoms with van der Waals surface area (Å²) >= 11 is 5.64. The fraction of sp³-hybridized carbons (Fsp3) is 0.400. The molecule has 2 rings (SSSR count). The van der Waals surface area contributed by atoms with Gasteiger partial charge in [-0.3, -0.25) is 0 Å². The van der Waals surface area contributed by atoms with E-state index in [0.29, 0.717) is 0 Å². The van der Waals surface area contributed by atoms with Crippen LogP contribution in [0.25, 0.3) is 0 Å². The Morgan fingerprint density at radius 2 is 1.60 bits per heavy atom. The summed E-state index contributed by atoms with van der Waals surface area (Å²) < 4.78 is 72.9. The van der Waals surface area contributed by atoms with Gasteiger partial charge in [0.25, 0.3) is 0 Å². The number of rotatable bonds is 2. The molecule has 0 saturated carbocycles. The molecular weight excluding hydrogens is 332 g/mol. The zero-order valence-electron chi connectivity index (χ0n) is 9.51. The van der Waals surface area contributed by atoms with Crippen molar-refractivity contribution < 1.29 is 31.4 Å². The Labute approximate surface area is 121 Å². The van der Waals surface area contributed by atoms with Crippen LogP contribution in [0.3, 0.4) is 0 Å². The van der Waals surface area contributed by atoms with E-state index in [1.165, 1.54) is 0 Å². The molecule has 1 aliphatic rings. The van der Waals surface area contributed by atoms with Crippen molar-refractivity contribution in [2.24, 2.45) is 5.73 Å². The highest BCUT2D eigenvalue weighted by Gasteiger charge is 2.62. The van der Waals surface area contributed by atoms with Gasteiger partial charge in [-0.05, 0) is 11.6 Å². The molecule has 1 heterocycles. The van der Waals surface area contributed by atoms with E-state index < -0.39 is 23.7 Å². The zero-order chi connectivity index (χ0) is 14.4. The maximum atomic E-state index is 13.2. The molecule has 0 spiro atoms. The molecule has 0 aliphatic carbocycles. The van der Waals surface area contributed by atoms with Gasteiger partial charge in [0.05, 0.1) is 0 Å². The number of hydrogen-bond donors (Lipinski definition) is 1. The van der Waals surface area contributed by atoms with Crippen molar-refractivity contribution in [1.82, 2.24) is 0 Å². The lowest BCUT2D eigenvalue weighted by Gasteiger charge is -2.26. The Kier molecular flexibility index (Phi) is 4.62. The van der Waals surface area contributed by atoms with Gasteiger partial charge in [0.15, 0.2) is 11.5 Å². The average Bonchev–Trinajstić information content (AvgIpc) is 2.72. The molecule has 0 radical (unpaired) electrons. The summed E-state index contributed by atoms with van der Waals surface area (Å²) in [6.07, 6.45) is -5.77. The summed E-state index contributed by atoms with van der Waals surface area (Å²) in [5.74, 6) is -4.92. The van der Waals surface area contributed by atoms with Crippen LogP contribution < -0.4 is 15.2 Å². The van der Waals surface area contributed by atoms with Gasteiger partial charge < -0.3 is 15.2 Å². The minimum Gasteiger partial charge on any atom is -0.454 e. The third kappa shape index (κ3) is 2.72. The molecule has 10 heteroatoms. The van der Waals surface area contributed by atoms with E-state index in [1.54, 1.807) is 0 Å². The van der Waals surface area contributed by atoms with Crippen molar-refractivity contribution in [2.75, 3.05) is 6.79 Å². The molecule has 0 bridgehead atoms. The molecule has 20 heavy (non-hydrogen) atoms. The van der Waals surface area contributed by atoms with Crippen molar-refractivity contribution in [3.05, 3.63) is 22.7 Å². The number of fused-ring (bicyclic) bond motifs is 1. The zero-order valence-corrected chi connectivity index (χ0v) is 11.1. The molecule has 3 nitrogen and oxygen atoms in total. The highest BCUT2D eigenvalue weighted by atomic mass is 35.5. The van der Waals surface area contributed by atoms with Crippen LogP contribution in [-0.4, -0.2) is 18.9 Å². The van der Waals surface area contributed by atoms with Gasteiger partial charge in [-0.2, -0.15) is 22.0 Å². The van der Waals surface area contributed by atoms with Crippen molar-refractivity contribution in [3.63, 3.8) is 0 Å². The summed E-state index contributed by atoms with van der Waals surface area (Å²) in [6.45, 7) is -0.167. The topological polar surface area (TPSA) is 44.5 Å². The molecule has 1 atom stereocenters. The molecule has 2 N–H and O–H groups in total. The number of benzene rings is 1. The van der Waals surface area contributed by atoms with E-state index in [-0.39, 0.29) is 35.7 Å². The van der Waals surface area contributed by atoms with Gasteiger partial charge in [0.1, 0.15) is 6.04 Å². The SMILES string of the molecule is Cl.N[C@H](c1cc2c(cc1Cl)OCO2)C(F)(F)C(F)(F)F. The van der Waals surface area contributed by atoms with E-state index in [4.69, 9.17) is 26.8 Å². The highest BCUT2D eigenvalue weighted by molar-refractivity contribution is 6.31. The first-order valence-electron chi connectivity index (χ1n) is 4.93. The third-order valence-electron chi connectivity index (χ3n) is 2.60. The number of hydrogen-bond acceptors (Lipinski definition) is 3. The fourth-order valence-corrected chi connectivity index (χ4v) is 1.81. The van der Waals surface area contributed by atoms with E-state index in [1.807, 2.05) is 0 Å². The highest BCUT2D eigenvalue weighted by Crippen LogP contribution is 2.47. The Bertz CT molecular complexity index is 509. The van der Waals surface area contributed by atoms with Gasteiger partial charge in [0.2, 0.25) is 6.79 Å². The van der Waals surface area contributed by atoms with Crippen LogP contribution >= 0.6 is 24.0 Å². The van der Waals surface area contributed by atoms with Gasteiger partial charge >= 0.3 is 12.1 Å². The van der Waals surface area contributed by atoms with Crippen LogP contribution in [0.2, 0.25) is 5.02 Å². The Morgan fingerprint density at radius 1 is 1.10 bits per heavy atom. The maximum Gasteiger partial charge on any atom is 0.455 e. The van der Waals surface area contributed by atoms with Gasteiger partial charge in [-0.15, -0.1) is 12.4 Å². The quantitative estimate of drug-likeness (QED) is 0.836. The first kappa shape index (κ1) is 17.1. The van der Waals surface area contributed by atoms with E-state index in [0.717, 1.165) is 12.1 Å². The lowest BCUT2D eigenvalue weighted by molar-refractivity contribution is -0.290. The van der Waals surface area contributed by atoms with Crippen molar-refractivity contribution in [1.29, 1.82) is 0 Å². The molecule has 114 valence electrons. The van der Waals surface area contributed by atoms with Gasteiger partial charge in [0, 0.05) is 11.1 Å². The summed E-state index contributed by atoms with van der Waals surface area (Å²) in [6, 6.07) is -0.616. The van der Waals surface area contributed by atoms with Crippen molar-refractivity contribution in [2.45, 2.75) is 18.1 Å². The standard InChI is InChI=1S/C10H7ClF5NO2.ClH/c11-5-2-7-6(18-3-19-7)1-4(5)8(17)9(12,13)10(14,15)16;/h1-2,8H,3,17H2;1H/t8-;/m1./s1. The Hall–Kier alpha value is -0.990. The van der Waals surface area contributed by atoms with Crippen LogP contribution in [0.4, 0.5) is 22.0 Å². The molecule has 0 amide bonds. The first-order valence-corrected chi connectivity index (χ1v) is 5.31. The summed E-state index contributed by atoms with van der Waals surface area (Å²) in [4.78, 5) is 0. The van der Waals surface area contributed by atoms with E-state index in [2.05, 4.69) is 0 Å². The number of alkyl halides is 5. The van der Waals surface area contributed by atoms with Gasteiger partial charge in [-0.1, -0.05) is 11.6 Å². The maximum absolute atomic E-state index is 13.2. The van der Waals surface area contributed by atoms with Crippen LogP contribution in [-0.2, 0) is 0 Å². The third-order valence-corrected chi connectivity index (χ3v) is 2.92. The predicted octanol–water partition coefficient (Wildman–Crippen LogP) is 3.69. The summed E-state index contributed by atoms with van der Waals surface area (Å²) in [7, 11) is 0. The Balaban J connectivity index is 0.00000200. The molecule has 1 aromatic rings. The molecular formula is C10H8Cl2F5NO2. The molecule has 1 aromatic carbocycles. The van der Waals surface area contributed by atoms with E-state index in [9.17, 15) is 22.0 Å². The minimum absolute atomic E-state index is 0. The second-order valence-corrected chi connectivity index (χ2v) is 4.23. The van der Waals surface area contributed by atoms with E-state index >= 15 is 0 Å². The lowest BCUT2D eigenvalue weighted by Crippen LogP contribution is -2.45.